The molecule has 6 aromatic heterocycles. The van der Waals surface area contributed by atoms with Gasteiger partial charge in [-0.05, 0) is 131 Å². The Morgan fingerprint density at radius 2 is 0.974 bits per heavy atom. The van der Waals surface area contributed by atoms with Crippen LogP contribution in [0.1, 0.15) is 98.4 Å². The summed E-state index contributed by atoms with van der Waals surface area (Å²) in [4.78, 5) is 29.7. The molecule has 0 amide bonds. The number of para-hydroxylation sites is 2. The predicted octanol–water partition coefficient (Wildman–Crippen LogP) is 10.1. The minimum absolute atomic E-state index is 0.0118. The summed E-state index contributed by atoms with van der Waals surface area (Å²) in [6, 6.07) is 35.9. The van der Waals surface area contributed by atoms with E-state index in [0.717, 1.165) is 132 Å². The first-order chi connectivity index (χ1) is 37.8. The summed E-state index contributed by atoms with van der Waals surface area (Å²) in [7, 11) is 1.00. The molecule has 0 unspecified atom stereocenters. The van der Waals surface area contributed by atoms with Crippen molar-refractivity contribution >= 4 is 39.7 Å². The smallest absolute Gasteiger partial charge is 0.341 e. The zero-order valence-corrected chi connectivity index (χ0v) is 42.8. The lowest BCUT2D eigenvalue weighted by Crippen LogP contribution is -2.22. The molecule has 0 atom stereocenters. The van der Waals surface area contributed by atoms with E-state index in [0.29, 0.717) is 29.8 Å². The van der Waals surface area contributed by atoms with Crippen LogP contribution in [0.2, 0.25) is 0 Å². The molecule has 2 saturated carbocycles. The van der Waals surface area contributed by atoms with Crippen LogP contribution in [-0.2, 0) is 11.3 Å². The van der Waals surface area contributed by atoms with Gasteiger partial charge in [-0.15, -0.1) is 0 Å². The van der Waals surface area contributed by atoms with Gasteiger partial charge >= 0.3 is 5.97 Å². The van der Waals surface area contributed by atoms with Gasteiger partial charge < -0.3 is 35.9 Å². The molecule has 0 spiro atoms. The summed E-state index contributed by atoms with van der Waals surface area (Å²) in [5, 5.41) is 36.8. The van der Waals surface area contributed by atoms with Gasteiger partial charge in [0.1, 0.15) is 58.7 Å². The van der Waals surface area contributed by atoms with Crippen LogP contribution in [0.4, 0.5) is 11.6 Å². The highest BCUT2D eigenvalue weighted by Gasteiger charge is 2.30. The molecule has 0 saturated heterocycles. The van der Waals surface area contributed by atoms with E-state index in [1.807, 2.05) is 134 Å². The number of ether oxygens (including phenoxy) is 3. The quantitative estimate of drug-likeness (QED) is 0.0783. The minimum atomic E-state index is -0.343. The predicted molar refractivity (Wildman–Crippen MR) is 291 cm³/mol. The summed E-state index contributed by atoms with van der Waals surface area (Å²) in [6.07, 6.45) is 17.4. The van der Waals surface area contributed by atoms with Gasteiger partial charge in [0.15, 0.2) is 11.3 Å². The van der Waals surface area contributed by atoms with Crippen molar-refractivity contribution in [2.45, 2.75) is 89.1 Å². The molecule has 394 valence electrons. The highest BCUT2D eigenvalue weighted by atomic mass is 16.5. The molecule has 2 fully saturated rings. The zero-order chi connectivity index (χ0) is 53.3. The number of aromatic nitrogens is 12. The average molecular weight is 1040 g/mol. The number of aliphatic hydroxyl groups is 2. The summed E-state index contributed by atoms with van der Waals surface area (Å²) >= 11 is 0. The van der Waals surface area contributed by atoms with E-state index in [9.17, 15) is 9.90 Å². The first-order valence-corrected chi connectivity index (χ1v) is 25.7. The first kappa shape index (κ1) is 51.5. The number of fused-ring (bicyclic) bond motifs is 2. The third-order valence-corrected chi connectivity index (χ3v) is 14.0. The lowest BCUT2D eigenvalue weighted by molar-refractivity contribution is 0.0526. The van der Waals surface area contributed by atoms with Crippen molar-refractivity contribution in [1.82, 2.24) is 59.1 Å². The van der Waals surface area contributed by atoms with Crippen molar-refractivity contribution in [3.05, 3.63) is 158 Å². The molecule has 6 heterocycles. The Kier molecular flexibility index (Phi) is 15.8. The second-order valence-corrected chi connectivity index (χ2v) is 18.7. The van der Waals surface area contributed by atoms with Gasteiger partial charge in [0.2, 0.25) is 0 Å². The molecule has 20 nitrogen and oxygen atoms in total. The van der Waals surface area contributed by atoms with E-state index in [-0.39, 0.29) is 30.7 Å². The van der Waals surface area contributed by atoms with Crippen molar-refractivity contribution in [2.75, 3.05) is 25.2 Å². The normalized spacial score (nSPS) is 17.2. The fourth-order valence-corrected chi connectivity index (χ4v) is 10.2. The third kappa shape index (κ3) is 11.3. The lowest BCUT2D eigenvalue weighted by atomic mass is 9.91. The van der Waals surface area contributed by atoms with Crippen molar-refractivity contribution < 1.29 is 29.2 Å². The molecule has 77 heavy (non-hydrogen) atoms. The molecule has 20 heteroatoms. The largest absolute Gasteiger partial charge is 0.462 e. The van der Waals surface area contributed by atoms with Crippen LogP contribution >= 0.6 is 0 Å². The Morgan fingerprint density at radius 1 is 0.558 bits per heavy atom. The number of nitrogens with two attached hydrogens (primary N) is 2. The van der Waals surface area contributed by atoms with Gasteiger partial charge in [0.25, 0.3) is 0 Å². The Labute approximate surface area is 443 Å². The maximum absolute atomic E-state index is 12.0. The Balaban J connectivity index is 0.000000170. The molecule has 12 rings (SSSR count). The summed E-state index contributed by atoms with van der Waals surface area (Å²) < 4.78 is 24.9. The SMILES string of the molecule is CCOC(=O)c1cnn(C2CCC(n3nc(-c4ccc(Oc5ccccc5)cc4)c4c(N)ncnc43)CC2)c1.CO.Nc1ncnc2c1c(-c1ccc(Oc3ccccc3)cc1)nn2C1CCC(n2cc(CO)cn2)CC1. The second kappa shape index (κ2) is 23.7. The number of rotatable bonds is 13. The van der Waals surface area contributed by atoms with Crippen LogP contribution in [-0.4, -0.2) is 89.0 Å². The van der Waals surface area contributed by atoms with E-state index in [2.05, 4.69) is 30.1 Å². The van der Waals surface area contributed by atoms with Crippen molar-refractivity contribution in [2.24, 2.45) is 0 Å². The van der Waals surface area contributed by atoms with Crippen LogP contribution in [0.25, 0.3) is 44.6 Å². The van der Waals surface area contributed by atoms with E-state index >= 15 is 0 Å². The molecule has 10 aromatic rings. The molecule has 0 radical (unpaired) electrons. The number of hydrogen-bond acceptors (Lipinski definition) is 16. The van der Waals surface area contributed by atoms with E-state index in [1.54, 1.807) is 25.5 Å². The number of anilines is 2. The molecular weight excluding hydrogens is 977 g/mol. The van der Waals surface area contributed by atoms with Gasteiger partial charge in [0, 0.05) is 36.2 Å². The number of nitrogens with zero attached hydrogens (tertiary/aromatic N) is 12. The van der Waals surface area contributed by atoms with Crippen LogP contribution in [0.5, 0.6) is 23.0 Å². The van der Waals surface area contributed by atoms with E-state index in [1.165, 1.54) is 12.7 Å². The Morgan fingerprint density at radius 3 is 1.40 bits per heavy atom. The summed E-state index contributed by atoms with van der Waals surface area (Å²) in [5.74, 6) is 3.54. The number of benzene rings is 4. The number of carbonyl (C=O) groups is 1. The van der Waals surface area contributed by atoms with Gasteiger partial charge in [-0.25, -0.2) is 34.1 Å². The first-order valence-electron chi connectivity index (χ1n) is 25.7. The average Bonchev–Trinajstić information content (AvgIpc) is 4.41. The van der Waals surface area contributed by atoms with E-state index in [4.69, 9.17) is 41.0 Å². The summed E-state index contributed by atoms with van der Waals surface area (Å²) in [6.45, 7) is 2.15. The topological polar surface area (TPSA) is 260 Å². The fraction of sp³-hybridized carbons (Fsp3) is 0.281. The Bertz CT molecular complexity index is 3530. The number of hydrogen-bond donors (Lipinski definition) is 4. The number of aliphatic hydroxyl groups excluding tert-OH is 2. The van der Waals surface area contributed by atoms with Gasteiger partial charge in [0.05, 0.1) is 66.1 Å². The van der Waals surface area contributed by atoms with Crippen LogP contribution < -0.4 is 20.9 Å². The maximum atomic E-state index is 12.0. The number of carbonyl (C=O) groups excluding carboxylic acids is 1. The van der Waals surface area contributed by atoms with Crippen molar-refractivity contribution in [1.29, 1.82) is 0 Å². The maximum Gasteiger partial charge on any atom is 0.341 e. The third-order valence-electron chi connectivity index (χ3n) is 14.0. The molecular formula is C57H60N14O6. The lowest BCUT2D eigenvalue weighted by Gasteiger charge is -2.29. The minimum Gasteiger partial charge on any atom is -0.462 e. The van der Waals surface area contributed by atoms with Gasteiger partial charge in [-0.3, -0.25) is 9.36 Å². The molecule has 0 aliphatic heterocycles. The van der Waals surface area contributed by atoms with Crippen LogP contribution in [0.3, 0.4) is 0 Å². The van der Waals surface area contributed by atoms with Crippen LogP contribution in [0.15, 0.2) is 147 Å². The van der Waals surface area contributed by atoms with Crippen molar-refractivity contribution in [3.63, 3.8) is 0 Å². The fourth-order valence-electron chi connectivity index (χ4n) is 10.2. The highest BCUT2D eigenvalue weighted by Crippen LogP contribution is 2.41. The molecule has 2 aliphatic rings. The highest BCUT2D eigenvalue weighted by molar-refractivity contribution is 5.99. The van der Waals surface area contributed by atoms with Crippen molar-refractivity contribution in [3.8, 4) is 45.5 Å². The monoisotopic (exact) mass is 1040 g/mol. The Hall–Kier alpha value is -9.01. The van der Waals surface area contributed by atoms with Gasteiger partial charge in [-0.2, -0.15) is 20.4 Å². The molecule has 4 aromatic carbocycles. The van der Waals surface area contributed by atoms with Crippen LogP contribution in [0, 0.1) is 0 Å². The number of esters is 1. The van der Waals surface area contributed by atoms with E-state index < -0.39 is 0 Å². The summed E-state index contributed by atoms with van der Waals surface area (Å²) in [5.41, 5.74) is 18.8. The van der Waals surface area contributed by atoms with Gasteiger partial charge in [-0.1, -0.05) is 36.4 Å². The number of nitrogen functional groups attached to an aromatic ring is 2. The zero-order valence-electron chi connectivity index (χ0n) is 42.8. The second-order valence-electron chi connectivity index (χ2n) is 18.7. The molecule has 2 aliphatic carbocycles. The standard InChI is InChI=1S/C29H29N7O3.C27H27N7O2.CH4O/c1-2-38-29(37)20-16-33-35(17-20)21-10-12-22(13-11-21)36-28-25(27(30)31-18-32-28)26(34-36)19-8-14-24(15-9-19)39-23-6-4-3-5-7-23;28-26-24-25(19-6-12-23(13-7-19)36-22-4-2-1-3-5-22)32-34(27(24)30-17-29-26)21-10-8-20(9-11-21)33-15-18(16-35)14-31-33;1-2/h3-9,14-18,21-22H,2,10-13H2,1H3,(H2,30,31,32);1-7,12-15,17,20-21,35H,8-11,16H2,(H2,28,29,30);2H,1H3. The molecule has 0 bridgehead atoms. The molecule has 6 N–H and O–H groups in total.